The first-order chi connectivity index (χ1) is 11.1. The number of carbonyl (C=O) groups is 1. The highest BCUT2D eigenvalue weighted by atomic mass is 16.5. The first-order valence-electron chi connectivity index (χ1n) is 9.22. The molecule has 2 aliphatic heterocycles. The van der Waals surface area contributed by atoms with Crippen LogP contribution in [0, 0.1) is 0 Å². The van der Waals surface area contributed by atoms with Crippen LogP contribution >= 0.6 is 0 Å². The SMILES string of the molecule is CN(C)CCN1CCC(NC(=O)N[C@H]2CC(C)(C)OC2(C)C)CC1. The molecule has 1 atom stereocenters. The van der Waals surface area contributed by atoms with Gasteiger partial charge in [-0.1, -0.05) is 0 Å². The van der Waals surface area contributed by atoms with E-state index < -0.39 is 0 Å². The topological polar surface area (TPSA) is 56.8 Å². The summed E-state index contributed by atoms with van der Waals surface area (Å²) in [7, 11) is 4.21. The van der Waals surface area contributed by atoms with Crippen molar-refractivity contribution < 1.29 is 9.53 Å². The minimum absolute atomic E-state index is 0.0488. The van der Waals surface area contributed by atoms with E-state index in [-0.39, 0.29) is 29.3 Å². The second-order valence-corrected chi connectivity index (χ2v) is 8.76. The highest BCUT2D eigenvalue weighted by molar-refractivity contribution is 5.74. The smallest absolute Gasteiger partial charge is 0.315 e. The Kier molecular flexibility index (Phi) is 6.15. The summed E-state index contributed by atoms with van der Waals surface area (Å²) in [5.74, 6) is 0. The Morgan fingerprint density at radius 2 is 1.79 bits per heavy atom. The highest BCUT2D eigenvalue weighted by Crippen LogP contribution is 2.37. The zero-order valence-electron chi connectivity index (χ0n) is 16.3. The number of hydrogen-bond acceptors (Lipinski definition) is 4. The lowest BCUT2D eigenvalue weighted by molar-refractivity contribution is -0.0691. The number of urea groups is 1. The van der Waals surface area contributed by atoms with Gasteiger partial charge in [-0.05, 0) is 61.1 Å². The van der Waals surface area contributed by atoms with Crippen LogP contribution in [0.5, 0.6) is 0 Å². The third kappa shape index (κ3) is 5.60. The molecule has 0 bridgehead atoms. The number of likely N-dealkylation sites (N-methyl/N-ethyl adjacent to an activating group) is 1. The summed E-state index contributed by atoms with van der Waals surface area (Å²) in [5.41, 5.74) is -0.504. The van der Waals surface area contributed by atoms with Gasteiger partial charge in [0.05, 0.1) is 17.2 Å². The molecular formula is C18H36N4O2. The van der Waals surface area contributed by atoms with E-state index in [4.69, 9.17) is 4.74 Å². The molecule has 0 aliphatic carbocycles. The monoisotopic (exact) mass is 340 g/mol. The van der Waals surface area contributed by atoms with Gasteiger partial charge in [-0.3, -0.25) is 0 Å². The summed E-state index contributed by atoms with van der Waals surface area (Å²) < 4.78 is 6.05. The lowest BCUT2D eigenvalue weighted by Crippen LogP contribution is -2.53. The summed E-state index contributed by atoms with van der Waals surface area (Å²) in [6, 6.07) is 0.271. The molecule has 2 fully saturated rings. The molecule has 140 valence electrons. The molecule has 0 radical (unpaired) electrons. The third-order valence-electron chi connectivity index (χ3n) is 5.17. The molecule has 0 aromatic heterocycles. The Hall–Kier alpha value is -0.850. The fraction of sp³-hybridized carbons (Fsp3) is 0.944. The molecular weight excluding hydrogens is 304 g/mol. The molecule has 2 rings (SSSR count). The Labute approximate surface area is 147 Å². The van der Waals surface area contributed by atoms with Crippen LogP contribution in [0.2, 0.25) is 0 Å². The molecule has 0 aromatic rings. The van der Waals surface area contributed by atoms with Crippen LogP contribution in [0.3, 0.4) is 0 Å². The standard InChI is InChI=1S/C18H36N4O2/c1-17(2)13-15(18(3,4)24-17)20-16(23)19-14-7-9-22(10-8-14)12-11-21(5)6/h14-15H,7-13H2,1-6H3,(H2,19,20,23)/t15-/m0/s1. The second-order valence-electron chi connectivity index (χ2n) is 8.76. The molecule has 2 aliphatic rings. The fourth-order valence-corrected chi connectivity index (χ4v) is 3.81. The van der Waals surface area contributed by atoms with Crippen LogP contribution < -0.4 is 10.6 Å². The molecule has 6 nitrogen and oxygen atoms in total. The van der Waals surface area contributed by atoms with Gasteiger partial charge < -0.3 is 25.2 Å². The minimum atomic E-state index is -0.323. The Morgan fingerprint density at radius 1 is 1.17 bits per heavy atom. The van der Waals surface area contributed by atoms with E-state index in [0.717, 1.165) is 45.4 Å². The van der Waals surface area contributed by atoms with Crippen molar-refractivity contribution in [2.75, 3.05) is 40.3 Å². The fourth-order valence-electron chi connectivity index (χ4n) is 3.81. The number of amides is 2. The van der Waals surface area contributed by atoms with E-state index in [1.54, 1.807) is 0 Å². The normalized spacial score (nSPS) is 27.4. The number of nitrogens with zero attached hydrogens (tertiary/aromatic N) is 2. The number of carbonyl (C=O) groups excluding carboxylic acids is 1. The maximum absolute atomic E-state index is 12.4. The number of ether oxygens (including phenoxy) is 1. The second kappa shape index (κ2) is 7.58. The zero-order valence-corrected chi connectivity index (χ0v) is 16.3. The third-order valence-corrected chi connectivity index (χ3v) is 5.17. The molecule has 2 amide bonds. The predicted octanol–water partition coefficient (Wildman–Crippen LogP) is 1.66. The lowest BCUT2D eigenvalue weighted by atomic mass is 9.94. The van der Waals surface area contributed by atoms with Crippen LogP contribution in [0.4, 0.5) is 4.79 Å². The molecule has 6 heteroatoms. The Balaban J connectivity index is 1.72. The van der Waals surface area contributed by atoms with Crippen molar-refractivity contribution >= 4 is 6.03 Å². The van der Waals surface area contributed by atoms with E-state index in [1.165, 1.54) is 0 Å². The van der Waals surface area contributed by atoms with Crippen molar-refractivity contribution in [2.45, 2.75) is 70.2 Å². The van der Waals surface area contributed by atoms with E-state index in [1.807, 2.05) is 0 Å². The van der Waals surface area contributed by atoms with E-state index >= 15 is 0 Å². The van der Waals surface area contributed by atoms with Gasteiger partial charge in [-0.25, -0.2) is 4.79 Å². The quantitative estimate of drug-likeness (QED) is 0.799. The molecule has 0 spiro atoms. The first kappa shape index (κ1) is 19.5. The number of likely N-dealkylation sites (tertiary alicyclic amines) is 1. The molecule has 2 heterocycles. The molecule has 2 saturated heterocycles. The van der Waals surface area contributed by atoms with Crippen molar-refractivity contribution in [2.24, 2.45) is 0 Å². The lowest BCUT2D eigenvalue weighted by Gasteiger charge is -2.33. The summed E-state index contributed by atoms with van der Waals surface area (Å²) in [5, 5.41) is 6.28. The van der Waals surface area contributed by atoms with Crippen LogP contribution in [-0.2, 0) is 4.74 Å². The maximum Gasteiger partial charge on any atom is 0.315 e. The van der Waals surface area contributed by atoms with Crippen molar-refractivity contribution in [3.05, 3.63) is 0 Å². The Bertz CT molecular complexity index is 429. The Morgan fingerprint density at radius 3 is 2.29 bits per heavy atom. The van der Waals surface area contributed by atoms with Gasteiger partial charge in [0.15, 0.2) is 0 Å². The van der Waals surface area contributed by atoms with E-state index in [0.29, 0.717) is 0 Å². The largest absolute Gasteiger partial charge is 0.367 e. The molecule has 0 aromatic carbocycles. The van der Waals surface area contributed by atoms with Gasteiger partial charge in [-0.2, -0.15) is 0 Å². The van der Waals surface area contributed by atoms with Crippen LogP contribution in [-0.4, -0.2) is 79.4 Å². The van der Waals surface area contributed by atoms with E-state index in [9.17, 15) is 4.79 Å². The van der Waals surface area contributed by atoms with Crippen LogP contribution in [0.25, 0.3) is 0 Å². The van der Waals surface area contributed by atoms with E-state index in [2.05, 4.69) is 62.2 Å². The number of piperidine rings is 1. The van der Waals surface area contributed by atoms with Gasteiger partial charge in [-0.15, -0.1) is 0 Å². The van der Waals surface area contributed by atoms with Crippen LogP contribution in [0.15, 0.2) is 0 Å². The molecule has 0 unspecified atom stereocenters. The first-order valence-corrected chi connectivity index (χ1v) is 9.22. The summed E-state index contributed by atoms with van der Waals surface area (Å²) in [6.07, 6.45) is 2.89. The molecule has 2 N–H and O–H groups in total. The summed E-state index contributed by atoms with van der Waals surface area (Å²) >= 11 is 0. The zero-order chi connectivity index (χ0) is 18.0. The van der Waals surface area contributed by atoms with Crippen molar-refractivity contribution in [3.63, 3.8) is 0 Å². The highest BCUT2D eigenvalue weighted by Gasteiger charge is 2.46. The average molecular weight is 341 g/mol. The maximum atomic E-state index is 12.4. The van der Waals surface area contributed by atoms with Crippen molar-refractivity contribution in [1.29, 1.82) is 0 Å². The van der Waals surface area contributed by atoms with Crippen LogP contribution in [0.1, 0.15) is 47.0 Å². The molecule has 24 heavy (non-hydrogen) atoms. The van der Waals surface area contributed by atoms with Gasteiger partial charge >= 0.3 is 6.03 Å². The number of hydrogen-bond donors (Lipinski definition) is 2. The number of rotatable bonds is 5. The number of nitrogens with one attached hydrogen (secondary N) is 2. The summed E-state index contributed by atoms with van der Waals surface area (Å²) in [4.78, 5) is 17.1. The van der Waals surface area contributed by atoms with Gasteiger partial charge in [0.2, 0.25) is 0 Å². The van der Waals surface area contributed by atoms with Crippen molar-refractivity contribution in [1.82, 2.24) is 20.4 Å². The minimum Gasteiger partial charge on any atom is -0.367 e. The van der Waals surface area contributed by atoms with Crippen molar-refractivity contribution in [3.8, 4) is 0 Å². The summed E-state index contributed by atoms with van der Waals surface area (Å²) in [6.45, 7) is 12.6. The van der Waals surface area contributed by atoms with Gasteiger partial charge in [0.25, 0.3) is 0 Å². The average Bonchev–Trinajstić information content (AvgIpc) is 2.65. The predicted molar refractivity (Wildman–Crippen MR) is 97.3 cm³/mol. The molecule has 0 saturated carbocycles. The van der Waals surface area contributed by atoms with Gasteiger partial charge in [0, 0.05) is 32.2 Å². The van der Waals surface area contributed by atoms with Gasteiger partial charge in [0.1, 0.15) is 0 Å².